The number of amides is 1. The fourth-order valence-corrected chi connectivity index (χ4v) is 2.08. The monoisotopic (exact) mass is 285 g/mol. The van der Waals surface area contributed by atoms with Crippen molar-refractivity contribution in [3.8, 4) is 5.75 Å². The molecule has 0 bridgehead atoms. The standard InChI is InChI=1S/C17H19NO3/c1-12-7-13(2)9-15(8-12)18-17(20)11-21-16-5-3-14(10-19)4-6-16/h3-9,19H,10-11H2,1-2H3,(H,18,20). The van der Waals surface area contributed by atoms with Crippen LogP contribution in [0.3, 0.4) is 0 Å². The molecule has 2 rings (SSSR count). The summed E-state index contributed by atoms with van der Waals surface area (Å²) in [7, 11) is 0. The molecule has 21 heavy (non-hydrogen) atoms. The van der Waals surface area contributed by atoms with Crippen molar-refractivity contribution in [2.45, 2.75) is 20.5 Å². The third-order valence-electron chi connectivity index (χ3n) is 2.98. The van der Waals surface area contributed by atoms with E-state index in [1.807, 2.05) is 26.0 Å². The largest absolute Gasteiger partial charge is 0.484 e. The third kappa shape index (κ3) is 4.61. The maximum Gasteiger partial charge on any atom is 0.262 e. The third-order valence-corrected chi connectivity index (χ3v) is 2.98. The molecule has 0 aliphatic rings. The van der Waals surface area contributed by atoms with Gasteiger partial charge in [0.1, 0.15) is 5.75 Å². The Morgan fingerprint density at radius 1 is 1.10 bits per heavy atom. The normalized spacial score (nSPS) is 10.2. The first kappa shape index (κ1) is 15.1. The number of carbonyl (C=O) groups excluding carboxylic acids is 1. The first-order chi connectivity index (χ1) is 10.1. The molecule has 110 valence electrons. The SMILES string of the molecule is Cc1cc(C)cc(NC(=O)COc2ccc(CO)cc2)c1. The van der Waals surface area contributed by atoms with E-state index in [0.29, 0.717) is 5.75 Å². The molecule has 2 aromatic rings. The van der Waals surface area contributed by atoms with E-state index in [-0.39, 0.29) is 19.1 Å². The maximum atomic E-state index is 11.9. The van der Waals surface area contributed by atoms with Gasteiger partial charge in [-0.15, -0.1) is 0 Å². The van der Waals surface area contributed by atoms with Gasteiger partial charge in [-0.3, -0.25) is 4.79 Å². The van der Waals surface area contributed by atoms with Crippen molar-refractivity contribution in [1.29, 1.82) is 0 Å². The number of aryl methyl sites for hydroxylation is 2. The summed E-state index contributed by atoms with van der Waals surface area (Å²) < 4.78 is 5.41. The summed E-state index contributed by atoms with van der Waals surface area (Å²) in [5, 5.41) is 11.8. The van der Waals surface area contributed by atoms with E-state index < -0.39 is 0 Å². The van der Waals surface area contributed by atoms with E-state index in [9.17, 15) is 4.79 Å². The Kier molecular flexibility index (Phi) is 4.95. The number of hydrogen-bond acceptors (Lipinski definition) is 3. The second kappa shape index (κ2) is 6.90. The molecule has 0 saturated carbocycles. The minimum atomic E-state index is -0.203. The molecule has 0 aliphatic heterocycles. The molecule has 2 aromatic carbocycles. The van der Waals surface area contributed by atoms with Crippen molar-refractivity contribution in [2.24, 2.45) is 0 Å². The summed E-state index contributed by atoms with van der Waals surface area (Å²) >= 11 is 0. The molecular formula is C17H19NO3. The van der Waals surface area contributed by atoms with E-state index in [1.54, 1.807) is 24.3 Å². The number of carbonyl (C=O) groups is 1. The Hall–Kier alpha value is -2.33. The lowest BCUT2D eigenvalue weighted by molar-refractivity contribution is -0.118. The topological polar surface area (TPSA) is 58.6 Å². The van der Waals surface area contributed by atoms with Crippen molar-refractivity contribution in [3.63, 3.8) is 0 Å². The lowest BCUT2D eigenvalue weighted by Crippen LogP contribution is -2.20. The molecule has 2 N–H and O–H groups in total. The van der Waals surface area contributed by atoms with Crippen LogP contribution in [0.1, 0.15) is 16.7 Å². The van der Waals surface area contributed by atoms with Crippen LogP contribution in [0.15, 0.2) is 42.5 Å². The summed E-state index contributed by atoms with van der Waals surface area (Å²) in [5.41, 5.74) is 3.79. The maximum absolute atomic E-state index is 11.9. The fraction of sp³-hybridized carbons (Fsp3) is 0.235. The number of rotatable bonds is 5. The molecule has 0 atom stereocenters. The van der Waals surface area contributed by atoms with Crippen LogP contribution in [0.25, 0.3) is 0 Å². The second-order valence-corrected chi connectivity index (χ2v) is 5.02. The first-order valence-corrected chi connectivity index (χ1v) is 6.77. The van der Waals surface area contributed by atoms with Crippen LogP contribution in [0, 0.1) is 13.8 Å². The number of benzene rings is 2. The molecule has 0 fully saturated rings. The summed E-state index contributed by atoms with van der Waals surface area (Å²) in [6.07, 6.45) is 0. The highest BCUT2D eigenvalue weighted by atomic mass is 16.5. The van der Waals surface area contributed by atoms with Crippen molar-refractivity contribution in [3.05, 3.63) is 59.2 Å². The minimum Gasteiger partial charge on any atom is -0.484 e. The van der Waals surface area contributed by atoms with Gasteiger partial charge in [-0.1, -0.05) is 18.2 Å². The van der Waals surface area contributed by atoms with Crippen LogP contribution in [-0.4, -0.2) is 17.6 Å². The predicted molar refractivity (Wildman–Crippen MR) is 82.4 cm³/mol. The van der Waals surface area contributed by atoms with Crippen LogP contribution in [-0.2, 0) is 11.4 Å². The van der Waals surface area contributed by atoms with Crippen molar-refractivity contribution in [2.75, 3.05) is 11.9 Å². The quantitative estimate of drug-likeness (QED) is 0.888. The highest BCUT2D eigenvalue weighted by Crippen LogP contribution is 2.15. The number of hydrogen-bond donors (Lipinski definition) is 2. The average Bonchev–Trinajstić information content (AvgIpc) is 2.44. The molecule has 1 amide bonds. The molecule has 0 aliphatic carbocycles. The Bertz CT molecular complexity index is 600. The zero-order valence-electron chi connectivity index (χ0n) is 12.2. The van der Waals surface area contributed by atoms with Crippen LogP contribution < -0.4 is 10.1 Å². The predicted octanol–water partition coefficient (Wildman–Crippen LogP) is 2.81. The Labute approximate surface area is 124 Å². The molecule has 0 heterocycles. The van der Waals surface area contributed by atoms with Gasteiger partial charge in [0.2, 0.25) is 0 Å². The minimum absolute atomic E-state index is 0.00647. The van der Waals surface area contributed by atoms with Gasteiger partial charge in [0.25, 0.3) is 5.91 Å². The molecule has 0 spiro atoms. The smallest absolute Gasteiger partial charge is 0.262 e. The highest BCUT2D eigenvalue weighted by molar-refractivity contribution is 5.92. The Balaban J connectivity index is 1.89. The van der Waals surface area contributed by atoms with Crippen LogP contribution >= 0.6 is 0 Å². The Morgan fingerprint density at radius 3 is 2.29 bits per heavy atom. The highest BCUT2D eigenvalue weighted by Gasteiger charge is 2.05. The summed E-state index contributed by atoms with van der Waals surface area (Å²) in [5.74, 6) is 0.397. The first-order valence-electron chi connectivity index (χ1n) is 6.77. The molecule has 0 unspecified atom stereocenters. The molecule has 4 heteroatoms. The second-order valence-electron chi connectivity index (χ2n) is 5.02. The van der Waals surface area contributed by atoms with E-state index in [2.05, 4.69) is 11.4 Å². The number of aliphatic hydroxyl groups is 1. The van der Waals surface area contributed by atoms with E-state index in [0.717, 1.165) is 22.4 Å². The van der Waals surface area contributed by atoms with Gasteiger partial charge in [0.15, 0.2) is 6.61 Å². The number of ether oxygens (including phenoxy) is 1. The number of nitrogens with one attached hydrogen (secondary N) is 1. The zero-order chi connectivity index (χ0) is 15.2. The van der Waals surface area contributed by atoms with Crippen LogP contribution in [0.4, 0.5) is 5.69 Å². The van der Waals surface area contributed by atoms with Gasteiger partial charge in [0, 0.05) is 5.69 Å². The lowest BCUT2D eigenvalue weighted by Gasteiger charge is -2.09. The Morgan fingerprint density at radius 2 is 1.71 bits per heavy atom. The number of anilines is 1. The number of aliphatic hydroxyl groups excluding tert-OH is 1. The summed E-state index contributed by atoms with van der Waals surface area (Å²) in [6, 6.07) is 12.9. The van der Waals surface area contributed by atoms with Crippen molar-refractivity contribution >= 4 is 11.6 Å². The van der Waals surface area contributed by atoms with E-state index in [4.69, 9.17) is 9.84 Å². The van der Waals surface area contributed by atoms with Gasteiger partial charge < -0.3 is 15.2 Å². The molecule has 4 nitrogen and oxygen atoms in total. The van der Waals surface area contributed by atoms with Gasteiger partial charge in [0.05, 0.1) is 6.61 Å². The van der Waals surface area contributed by atoms with Crippen LogP contribution in [0.5, 0.6) is 5.75 Å². The van der Waals surface area contributed by atoms with Crippen molar-refractivity contribution < 1.29 is 14.6 Å². The molecule has 0 aromatic heterocycles. The van der Waals surface area contributed by atoms with Gasteiger partial charge in [-0.25, -0.2) is 0 Å². The average molecular weight is 285 g/mol. The molecular weight excluding hydrogens is 266 g/mol. The summed E-state index contributed by atoms with van der Waals surface area (Å²) in [4.78, 5) is 11.9. The van der Waals surface area contributed by atoms with Gasteiger partial charge >= 0.3 is 0 Å². The molecule has 0 saturated heterocycles. The lowest BCUT2D eigenvalue weighted by atomic mass is 10.1. The molecule has 0 radical (unpaired) electrons. The van der Waals surface area contributed by atoms with E-state index in [1.165, 1.54) is 0 Å². The summed E-state index contributed by atoms with van der Waals surface area (Å²) in [6.45, 7) is 3.92. The van der Waals surface area contributed by atoms with Gasteiger partial charge in [-0.05, 0) is 54.8 Å². The van der Waals surface area contributed by atoms with Crippen LogP contribution in [0.2, 0.25) is 0 Å². The van der Waals surface area contributed by atoms with Gasteiger partial charge in [-0.2, -0.15) is 0 Å². The fourth-order valence-electron chi connectivity index (χ4n) is 2.08. The van der Waals surface area contributed by atoms with Crippen molar-refractivity contribution in [1.82, 2.24) is 0 Å². The van der Waals surface area contributed by atoms with E-state index >= 15 is 0 Å². The zero-order valence-corrected chi connectivity index (χ0v) is 12.2.